The van der Waals surface area contributed by atoms with Crippen molar-refractivity contribution < 1.29 is 19.1 Å². The summed E-state index contributed by atoms with van der Waals surface area (Å²) in [6, 6.07) is 11.3. The van der Waals surface area contributed by atoms with Crippen LogP contribution in [0.3, 0.4) is 0 Å². The number of hydrogen-bond acceptors (Lipinski definition) is 4. The van der Waals surface area contributed by atoms with Gasteiger partial charge in [0, 0.05) is 5.92 Å². The molecule has 1 heterocycles. The predicted molar refractivity (Wildman–Crippen MR) is 106 cm³/mol. The third-order valence-electron chi connectivity index (χ3n) is 4.89. The van der Waals surface area contributed by atoms with E-state index in [0.717, 1.165) is 5.56 Å². The summed E-state index contributed by atoms with van der Waals surface area (Å²) in [6.07, 6.45) is 1.23. The van der Waals surface area contributed by atoms with Crippen molar-refractivity contribution in [3.63, 3.8) is 0 Å². The van der Waals surface area contributed by atoms with Gasteiger partial charge in [0.1, 0.15) is 11.6 Å². The maximum Gasteiger partial charge on any atom is 0.238 e. The van der Waals surface area contributed by atoms with Crippen LogP contribution in [0.4, 0.5) is 15.8 Å². The van der Waals surface area contributed by atoms with Gasteiger partial charge in [-0.3, -0.25) is 14.5 Å². The Bertz CT molecular complexity index is 864. The summed E-state index contributed by atoms with van der Waals surface area (Å²) in [5, 5.41) is 15.1. The average Bonchev–Trinajstić information content (AvgIpc) is 2.66. The van der Waals surface area contributed by atoms with Crippen molar-refractivity contribution in [2.24, 2.45) is 5.92 Å². The highest BCUT2D eigenvalue weighted by Gasteiger charge is 2.26. The van der Waals surface area contributed by atoms with Crippen molar-refractivity contribution in [1.82, 2.24) is 4.90 Å². The number of anilines is 2. The third kappa shape index (κ3) is 5.07. The zero-order valence-corrected chi connectivity index (χ0v) is 15.7. The molecule has 3 rings (SSSR count). The van der Waals surface area contributed by atoms with Crippen LogP contribution in [0, 0.1) is 18.7 Å². The molecule has 0 unspecified atom stereocenters. The lowest BCUT2D eigenvalue weighted by molar-refractivity contribution is -0.121. The highest BCUT2D eigenvalue weighted by atomic mass is 19.1. The zero-order valence-electron chi connectivity index (χ0n) is 15.7. The van der Waals surface area contributed by atoms with Crippen molar-refractivity contribution in [2.75, 3.05) is 30.3 Å². The van der Waals surface area contributed by atoms with Crippen LogP contribution in [0.2, 0.25) is 0 Å². The Morgan fingerprint density at radius 3 is 2.50 bits per heavy atom. The Balaban J connectivity index is 1.46. The molecule has 0 spiro atoms. The van der Waals surface area contributed by atoms with Crippen LogP contribution in [0.15, 0.2) is 42.5 Å². The lowest BCUT2D eigenvalue weighted by Crippen LogP contribution is -2.41. The van der Waals surface area contributed by atoms with Gasteiger partial charge in [0.25, 0.3) is 0 Å². The lowest BCUT2D eigenvalue weighted by atomic mass is 9.95. The molecule has 148 valence electrons. The van der Waals surface area contributed by atoms with Gasteiger partial charge >= 0.3 is 0 Å². The molecule has 1 aliphatic rings. The van der Waals surface area contributed by atoms with Crippen LogP contribution in [-0.2, 0) is 9.59 Å². The minimum absolute atomic E-state index is 0.0355. The van der Waals surface area contributed by atoms with Gasteiger partial charge < -0.3 is 15.7 Å². The van der Waals surface area contributed by atoms with E-state index >= 15 is 0 Å². The predicted octanol–water partition coefficient (Wildman–Crippen LogP) is 3.13. The van der Waals surface area contributed by atoms with Crippen LogP contribution in [0.1, 0.15) is 18.4 Å². The second kappa shape index (κ2) is 8.84. The molecule has 1 fully saturated rings. The molecule has 1 saturated heterocycles. The molecule has 2 amide bonds. The summed E-state index contributed by atoms with van der Waals surface area (Å²) < 4.78 is 13.8. The van der Waals surface area contributed by atoms with Gasteiger partial charge in [-0.05, 0) is 62.7 Å². The van der Waals surface area contributed by atoms with E-state index in [1.165, 1.54) is 12.1 Å². The van der Waals surface area contributed by atoms with Crippen LogP contribution in [-0.4, -0.2) is 41.5 Å². The molecular formula is C21H24FN3O3. The SMILES string of the molecule is Cc1ccc(NC(=O)CN2CCC(C(=O)Nc3ccccc3O)CC2)c(F)c1. The molecule has 1 aliphatic heterocycles. The molecule has 0 bridgehead atoms. The molecule has 3 N–H and O–H groups in total. The van der Waals surface area contributed by atoms with Crippen molar-refractivity contribution in [1.29, 1.82) is 0 Å². The third-order valence-corrected chi connectivity index (χ3v) is 4.89. The number of rotatable bonds is 5. The molecule has 28 heavy (non-hydrogen) atoms. The highest BCUT2D eigenvalue weighted by molar-refractivity contribution is 5.94. The minimum Gasteiger partial charge on any atom is -0.506 e. The van der Waals surface area contributed by atoms with E-state index in [1.54, 1.807) is 37.3 Å². The largest absolute Gasteiger partial charge is 0.506 e. The van der Waals surface area contributed by atoms with Crippen molar-refractivity contribution in [3.05, 3.63) is 53.8 Å². The van der Waals surface area contributed by atoms with Gasteiger partial charge in [0.15, 0.2) is 0 Å². The van der Waals surface area contributed by atoms with E-state index in [1.807, 2.05) is 4.90 Å². The first-order chi connectivity index (χ1) is 13.4. The van der Waals surface area contributed by atoms with Gasteiger partial charge in [-0.15, -0.1) is 0 Å². The number of halogens is 1. The standard InChI is InChI=1S/C21H24FN3O3/c1-14-6-7-17(16(22)12-14)23-20(27)13-25-10-8-15(9-11-25)21(28)24-18-4-2-3-5-19(18)26/h2-7,12,15,26H,8-11,13H2,1H3,(H,23,27)(H,24,28). The van der Waals surface area contributed by atoms with Crippen LogP contribution < -0.4 is 10.6 Å². The summed E-state index contributed by atoms with van der Waals surface area (Å²) in [5.41, 5.74) is 1.36. The van der Waals surface area contributed by atoms with Crippen LogP contribution in [0.5, 0.6) is 5.75 Å². The first kappa shape index (κ1) is 19.8. The number of piperidine rings is 1. The second-order valence-corrected chi connectivity index (χ2v) is 7.09. The van der Waals surface area contributed by atoms with E-state index in [4.69, 9.17) is 0 Å². The molecule has 0 aromatic heterocycles. The van der Waals surface area contributed by atoms with E-state index in [2.05, 4.69) is 10.6 Å². The fourth-order valence-corrected chi connectivity index (χ4v) is 3.28. The summed E-state index contributed by atoms with van der Waals surface area (Å²) >= 11 is 0. The Morgan fingerprint density at radius 1 is 1.11 bits per heavy atom. The molecule has 6 nitrogen and oxygen atoms in total. The fraction of sp³-hybridized carbons (Fsp3) is 0.333. The van der Waals surface area contributed by atoms with E-state index in [0.29, 0.717) is 31.6 Å². The summed E-state index contributed by atoms with van der Waals surface area (Å²) in [6.45, 7) is 3.14. The van der Waals surface area contributed by atoms with Gasteiger partial charge in [-0.2, -0.15) is 0 Å². The van der Waals surface area contributed by atoms with Crippen LogP contribution >= 0.6 is 0 Å². The number of aromatic hydroxyl groups is 1. The highest BCUT2D eigenvalue weighted by Crippen LogP contribution is 2.25. The summed E-state index contributed by atoms with van der Waals surface area (Å²) in [5.74, 6) is -0.998. The lowest BCUT2D eigenvalue weighted by Gasteiger charge is -2.30. The number of nitrogens with zero attached hydrogens (tertiary/aromatic N) is 1. The molecule has 0 atom stereocenters. The molecular weight excluding hydrogens is 361 g/mol. The number of phenolic OH excluding ortho intramolecular Hbond substituents is 1. The van der Waals surface area contributed by atoms with Gasteiger partial charge in [-0.25, -0.2) is 4.39 Å². The fourth-order valence-electron chi connectivity index (χ4n) is 3.28. The number of hydrogen-bond donors (Lipinski definition) is 3. The number of carbonyl (C=O) groups excluding carboxylic acids is 2. The maximum absolute atomic E-state index is 13.8. The van der Waals surface area contributed by atoms with E-state index < -0.39 is 5.82 Å². The first-order valence-electron chi connectivity index (χ1n) is 9.29. The number of phenols is 1. The number of likely N-dealkylation sites (tertiary alicyclic amines) is 1. The Morgan fingerprint density at radius 2 is 1.82 bits per heavy atom. The first-order valence-corrected chi connectivity index (χ1v) is 9.29. The van der Waals surface area contributed by atoms with Crippen molar-refractivity contribution in [2.45, 2.75) is 19.8 Å². The Hall–Kier alpha value is -2.93. The zero-order chi connectivity index (χ0) is 20.1. The second-order valence-electron chi connectivity index (χ2n) is 7.09. The van der Waals surface area contributed by atoms with Crippen molar-refractivity contribution >= 4 is 23.2 Å². The number of benzene rings is 2. The molecule has 2 aromatic carbocycles. The topological polar surface area (TPSA) is 81.7 Å². The summed E-state index contributed by atoms with van der Waals surface area (Å²) in [7, 11) is 0. The van der Waals surface area contributed by atoms with Gasteiger partial charge in [0.2, 0.25) is 11.8 Å². The number of amides is 2. The summed E-state index contributed by atoms with van der Waals surface area (Å²) in [4.78, 5) is 26.5. The molecule has 2 aromatic rings. The maximum atomic E-state index is 13.8. The van der Waals surface area contributed by atoms with E-state index in [-0.39, 0.29) is 35.7 Å². The smallest absolute Gasteiger partial charge is 0.238 e. The Labute approximate surface area is 163 Å². The number of carbonyl (C=O) groups is 2. The molecule has 7 heteroatoms. The average molecular weight is 385 g/mol. The number of aryl methyl sites for hydroxylation is 1. The molecule has 0 aliphatic carbocycles. The van der Waals surface area contributed by atoms with Gasteiger partial charge in [0.05, 0.1) is 17.9 Å². The number of para-hydroxylation sites is 2. The molecule has 0 saturated carbocycles. The molecule has 0 radical (unpaired) electrons. The number of nitrogens with one attached hydrogen (secondary N) is 2. The van der Waals surface area contributed by atoms with E-state index in [9.17, 15) is 19.1 Å². The monoisotopic (exact) mass is 385 g/mol. The van der Waals surface area contributed by atoms with Crippen molar-refractivity contribution in [3.8, 4) is 5.75 Å². The van der Waals surface area contributed by atoms with Crippen LogP contribution in [0.25, 0.3) is 0 Å². The normalized spacial score (nSPS) is 15.2. The Kier molecular flexibility index (Phi) is 6.26. The minimum atomic E-state index is -0.451. The van der Waals surface area contributed by atoms with Gasteiger partial charge in [-0.1, -0.05) is 18.2 Å². The quantitative estimate of drug-likeness (QED) is 0.691.